The van der Waals surface area contributed by atoms with E-state index in [9.17, 15) is 4.79 Å². The number of nitrogens with two attached hydrogens (primary N) is 1. The second kappa shape index (κ2) is 4.99. The molecule has 17 heavy (non-hydrogen) atoms. The van der Waals surface area contributed by atoms with Crippen molar-refractivity contribution in [3.63, 3.8) is 0 Å². The third kappa shape index (κ3) is 3.90. The Kier molecular flexibility index (Phi) is 3.89. The van der Waals surface area contributed by atoms with Gasteiger partial charge >= 0.3 is 0 Å². The maximum atomic E-state index is 11.7. The number of benzene rings is 1. The van der Waals surface area contributed by atoms with Gasteiger partial charge in [0, 0.05) is 22.4 Å². The molecular formula is C13H19N3O. The molecule has 4 nitrogen and oxygen atoms in total. The van der Waals surface area contributed by atoms with Gasteiger partial charge in [-0.05, 0) is 31.2 Å². The number of nitrogens with one attached hydrogen (secondary N) is 1. The molecule has 0 aromatic heterocycles. The van der Waals surface area contributed by atoms with Crippen LogP contribution in [0.3, 0.4) is 0 Å². The first-order valence-corrected chi connectivity index (χ1v) is 5.51. The van der Waals surface area contributed by atoms with Crippen LogP contribution in [0.25, 0.3) is 0 Å². The van der Waals surface area contributed by atoms with Crippen LogP contribution in [0, 0.1) is 5.41 Å². The minimum absolute atomic E-state index is 0.0472. The highest BCUT2D eigenvalue weighted by Crippen LogP contribution is 2.15. The molecule has 92 valence electrons. The van der Waals surface area contributed by atoms with Gasteiger partial charge < -0.3 is 5.73 Å². The number of rotatable bonds is 2. The van der Waals surface area contributed by atoms with Crippen molar-refractivity contribution in [1.82, 2.24) is 5.43 Å². The Hall–Kier alpha value is -1.84. The molecule has 3 N–H and O–H groups in total. The van der Waals surface area contributed by atoms with Crippen LogP contribution < -0.4 is 11.2 Å². The second-order valence-electron chi connectivity index (χ2n) is 5.01. The quantitative estimate of drug-likeness (QED) is 0.468. The standard InChI is InChI=1S/C13H19N3O/c1-9(13(2,3)4)15-16-12(17)10-5-7-11(14)8-6-10/h5-8H,14H2,1-4H3,(H,16,17)/b15-9-. The largest absolute Gasteiger partial charge is 0.399 e. The molecule has 1 aromatic rings. The fraction of sp³-hybridized carbons (Fsp3) is 0.385. The van der Waals surface area contributed by atoms with Crippen LogP contribution >= 0.6 is 0 Å². The first-order chi connectivity index (χ1) is 7.80. The molecule has 0 radical (unpaired) electrons. The number of nitrogen functional groups attached to an aromatic ring is 1. The lowest BCUT2D eigenvalue weighted by Gasteiger charge is -2.17. The predicted molar refractivity (Wildman–Crippen MR) is 70.9 cm³/mol. The molecule has 0 saturated heterocycles. The molecule has 1 rings (SSSR count). The zero-order chi connectivity index (χ0) is 13.1. The summed E-state index contributed by atoms with van der Waals surface area (Å²) in [6.45, 7) is 8.02. The molecule has 0 saturated carbocycles. The van der Waals surface area contributed by atoms with Gasteiger partial charge in [0.2, 0.25) is 0 Å². The third-order valence-electron chi connectivity index (χ3n) is 2.58. The van der Waals surface area contributed by atoms with Crippen molar-refractivity contribution in [2.24, 2.45) is 10.5 Å². The van der Waals surface area contributed by atoms with Gasteiger partial charge in [0.1, 0.15) is 0 Å². The second-order valence-corrected chi connectivity index (χ2v) is 5.01. The highest BCUT2D eigenvalue weighted by atomic mass is 16.2. The highest BCUT2D eigenvalue weighted by Gasteiger charge is 2.14. The van der Waals surface area contributed by atoms with Crippen LogP contribution in [0.2, 0.25) is 0 Å². The van der Waals surface area contributed by atoms with Crippen molar-refractivity contribution < 1.29 is 4.79 Å². The molecule has 0 fully saturated rings. The number of amides is 1. The summed E-state index contributed by atoms with van der Waals surface area (Å²) in [7, 11) is 0. The number of hydrazone groups is 1. The maximum absolute atomic E-state index is 11.7. The normalized spacial score (nSPS) is 12.4. The highest BCUT2D eigenvalue weighted by molar-refractivity contribution is 5.96. The summed E-state index contributed by atoms with van der Waals surface area (Å²) < 4.78 is 0. The van der Waals surface area contributed by atoms with Crippen molar-refractivity contribution in [3.05, 3.63) is 29.8 Å². The molecule has 0 aliphatic heterocycles. The molecule has 0 unspecified atom stereocenters. The fourth-order valence-electron chi connectivity index (χ4n) is 1.00. The SMILES string of the molecule is C/C(=N/NC(=O)c1ccc(N)cc1)C(C)(C)C. The minimum atomic E-state index is -0.228. The molecule has 0 aliphatic carbocycles. The van der Waals surface area contributed by atoms with Crippen molar-refractivity contribution in [2.45, 2.75) is 27.7 Å². The van der Waals surface area contributed by atoms with Gasteiger partial charge in [0.05, 0.1) is 0 Å². The van der Waals surface area contributed by atoms with Gasteiger partial charge in [-0.25, -0.2) is 5.43 Å². The van der Waals surface area contributed by atoms with Gasteiger partial charge in [-0.2, -0.15) is 5.10 Å². The van der Waals surface area contributed by atoms with E-state index in [0.29, 0.717) is 11.3 Å². The summed E-state index contributed by atoms with van der Waals surface area (Å²) in [4.78, 5) is 11.7. The van der Waals surface area contributed by atoms with Gasteiger partial charge in [-0.15, -0.1) is 0 Å². The molecule has 1 amide bonds. The van der Waals surface area contributed by atoms with E-state index >= 15 is 0 Å². The summed E-state index contributed by atoms with van der Waals surface area (Å²) in [5.74, 6) is -0.228. The molecule has 4 heteroatoms. The summed E-state index contributed by atoms with van der Waals surface area (Å²) in [6.07, 6.45) is 0. The average Bonchev–Trinajstić information content (AvgIpc) is 2.25. The first-order valence-electron chi connectivity index (χ1n) is 5.51. The Labute approximate surface area is 102 Å². The van der Waals surface area contributed by atoms with Crippen LogP contribution in [0.4, 0.5) is 5.69 Å². The van der Waals surface area contributed by atoms with E-state index in [0.717, 1.165) is 5.71 Å². The van der Waals surface area contributed by atoms with E-state index in [1.807, 2.05) is 27.7 Å². The molecule has 0 heterocycles. The van der Waals surface area contributed by atoms with E-state index in [4.69, 9.17) is 5.73 Å². The Morgan fingerprint density at radius 1 is 1.24 bits per heavy atom. The lowest BCUT2D eigenvalue weighted by atomic mass is 9.91. The molecule has 0 aliphatic rings. The van der Waals surface area contributed by atoms with E-state index < -0.39 is 0 Å². The fourth-order valence-corrected chi connectivity index (χ4v) is 1.00. The first kappa shape index (κ1) is 13.2. The van der Waals surface area contributed by atoms with Gasteiger partial charge in [0.25, 0.3) is 5.91 Å². The number of hydrogen-bond acceptors (Lipinski definition) is 3. The van der Waals surface area contributed by atoms with E-state index in [1.54, 1.807) is 24.3 Å². The topological polar surface area (TPSA) is 67.5 Å². The number of anilines is 1. The summed E-state index contributed by atoms with van der Waals surface area (Å²) >= 11 is 0. The van der Waals surface area contributed by atoms with E-state index in [2.05, 4.69) is 10.5 Å². The smallest absolute Gasteiger partial charge is 0.271 e. The van der Waals surface area contributed by atoms with Crippen LogP contribution in [0.1, 0.15) is 38.1 Å². The number of carbonyl (C=O) groups is 1. The monoisotopic (exact) mass is 233 g/mol. The molecule has 1 aromatic carbocycles. The lowest BCUT2D eigenvalue weighted by Crippen LogP contribution is -2.24. The van der Waals surface area contributed by atoms with Crippen molar-refractivity contribution in [3.8, 4) is 0 Å². The number of nitrogens with zero attached hydrogens (tertiary/aromatic N) is 1. The van der Waals surface area contributed by atoms with E-state index in [-0.39, 0.29) is 11.3 Å². The Morgan fingerprint density at radius 2 is 1.76 bits per heavy atom. The Balaban J connectivity index is 2.71. The third-order valence-corrected chi connectivity index (χ3v) is 2.58. The van der Waals surface area contributed by atoms with Crippen LogP contribution in [-0.4, -0.2) is 11.6 Å². The average molecular weight is 233 g/mol. The van der Waals surface area contributed by atoms with E-state index in [1.165, 1.54) is 0 Å². The number of carbonyl (C=O) groups excluding carboxylic acids is 1. The summed E-state index contributed by atoms with van der Waals surface area (Å²) in [6, 6.07) is 6.73. The summed E-state index contributed by atoms with van der Waals surface area (Å²) in [5, 5.41) is 4.08. The van der Waals surface area contributed by atoms with Crippen molar-refractivity contribution in [1.29, 1.82) is 0 Å². The Morgan fingerprint density at radius 3 is 2.24 bits per heavy atom. The molecular weight excluding hydrogens is 214 g/mol. The predicted octanol–water partition coefficient (Wildman–Crippen LogP) is 2.42. The number of hydrogen-bond donors (Lipinski definition) is 2. The van der Waals surface area contributed by atoms with Gasteiger partial charge in [-0.1, -0.05) is 20.8 Å². The lowest BCUT2D eigenvalue weighted by molar-refractivity contribution is 0.0954. The Bertz CT molecular complexity index is 427. The van der Waals surface area contributed by atoms with Gasteiger partial charge in [-0.3, -0.25) is 4.79 Å². The molecule has 0 atom stereocenters. The van der Waals surface area contributed by atoms with Gasteiger partial charge in [0.15, 0.2) is 0 Å². The zero-order valence-corrected chi connectivity index (χ0v) is 10.7. The summed E-state index contributed by atoms with van der Waals surface area (Å²) in [5.41, 5.74) is 10.1. The maximum Gasteiger partial charge on any atom is 0.271 e. The molecule has 0 bridgehead atoms. The van der Waals surface area contributed by atoms with Crippen LogP contribution in [0.5, 0.6) is 0 Å². The van der Waals surface area contributed by atoms with Crippen molar-refractivity contribution >= 4 is 17.3 Å². The molecule has 0 spiro atoms. The van der Waals surface area contributed by atoms with Crippen LogP contribution in [0.15, 0.2) is 29.4 Å². The van der Waals surface area contributed by atoms with Crippen molar-refractivity contribution in [2.75, 3.05) is 5.73 Å². The van der Waals surface area contributed by atoms with Crippen LogP contribution in [-0.2, 0) is 0 Å². The minimum Gasteiger partial charge on any atom is -0.399 e. The zero-order valence-electron chi connectivity index (χ0n) is 10.7.